The smallest absolute Gasteiger partial charge is 0.321 e. The molecule has 0 bridgehead atoms. The molecule has 2 rings (SSSR count). The number of likely N-dealkylation sites (N-methyl/N-ethyl adjacent to an activating group) is 1. The number of para-hydroxylation sites is 1. The lowest BCUT2D eigenvalue weighted by Gasteiger charge is -2.24. The van der Waals surface area contributed by atoms with Crippen molar-refractivity contribution in [2.45, 2.75) is 13.0 Å². The number of amides is 2. The lowest BCUT2D eigenvalue weighted by Crippen LogP contribution is -2.40. The molecule has 23 heavy (non-hydrogen) atoms. The summed E-state index contributed by atoms with van der Waals surface area (Å²) in [5, 5.41) is 2.86. The lowest BCUT2D eigenvalue weighted by atomic mass is 10.3. The minimum atomic E-state index is -0.189. The van der Waals surface area contributed by atoms with Crippen LogP contribution in [-0.4, -0.2) is 37.7 Å². The number of hydrogen-bond donors (Lipinski definition) is 1. The maximum absolute atomic E-state index is 12.2. The average molecular weight is 314 g/mol. The zero-order chi connectivity index (χ0) is 16.7. The topological polar surface area (TPSA) is 50.8 Å². The van der Waals surface area contributed by atoms with Crippen molar-refractivity contribution in [2.24, 2.45) is 0 Å². The summed E-state index contributed by atoms with van der Waals surface area (Å²) in [6, 6.07) is 16.6. The Balaban J connectivity index is 2.01. The summed E-state index contributed by atoms with van der Waals surface area (Å²) in [7, 11) is 3.36. The van der Waals surface area contributed by atoms with Gasteiger partial charge in [-0.2, -0.15) is 0 Å². The first-order valence-electron chi connectivity index (χ1n) is 7.46. The molecule has 0 radical (unpaired) electrons. The van der Waals surface area contributed by atoms with Gasteiger partial charge in [0, 0.05) is 25.9 Å². The quantitative estimate of drug-likeness (QED) is 0.877. The molecule has 0 saturated heterocycles. The number of rotatable bonds is 6. The van der Waals surface area contributed by atoms with Crippen LogP contribution >= 0.6 is 0 Å². The number of carbonyl (C=O) groups excluding carboxylic acids is 1. The van der Waals surface area contributed by atoms with E-state index in [1.165, 1.54) is 0 Å². The number of nitrogens with zero attached hydrogens (tertiary/aromatic N) is 1. The normalized spacial score (nSPS) is 11.6. The second-order valence-electron chi connectivity index (χ2n) is 5.29. The number of ether oxygens (including phenoxy) is 2. The van der Waals surface area contributed by atoms with E-state index in [1.807, 2.05) is 55.5 Å². The molecule has 5 heteroatoms. The fourth-order valence-electron chi connectivity index (χ4n) is 2.03. The van der Waals surface area contributed by atoms with E-state index in [-0.39, 0.29) is 12.1 Å². The van der Waals surface area contributed by atoms with E-state index in [0.717, 1.165) is 5.75 Å². The fraction of sp³-hybridized carbons (Fsp3) is 0.278. The number of nitrogens with one attached hydrogen (secondary N) is 1. The molecule has 2 aromatic rings. The summed E-state index contributed by atoms with van der Waals surface area (Å²) in [6.45, 7) is 2.42. The summed E-state index contributed by atoms with van der Waals surface area (Å²) < 4.78 is 10.8. The van der Waals surface area contributed by atoms with Crippen LogP contribution in [0.5, 0.6) is 11.5 Å². The first-order chi connectivity index (χ1) is 11.1. The van der Waals surface area contributed by atoms with Crippen LogP contribution in [-0.2, 0) is 4.74 Å². The van der Waals surface area contributed by atoms with Gasteiger partial charge >= 0.3 is 6.03 Å². The summed E-state index contributed by atoms with van der Waals surface area (Å²) in [5.41, 5.74) is 0.680. The van der Waals surface area contributed by atoms with E-state index in [0.29, 0.717) is 18.0 Å². The van der Waals surface area contributed by atoms with E-state index in [4.69, 9.17) is 9.47 Å². The molecule has 0 spiro atoms. The van der Waals surface area contributed by atoms with E-state index in [1.54, 1.807) is 25.1 Å². The highest BCUT2D eigenvalue weighted by Gasteiger charge is 2.15. The number of methoxy groups -OCH3 is 1. The number of anilines is 1. The summed E-state index contributed by atoms with van der Waals surface area (Å²) in [6.07, 6.45) is 0. The molecule has 122 valence electrons. The van der Waals surface area contributed by atoms with Crippen molar-refractivity contribution in [3.05, 3.63) is 54.6 Å². The zero-order valence-electron chi connectivity index (χ0n) is 13.7. The number of carbonyl (C=O) groups is 1. The molecule has 2 amide bonds. The molecule has 0 heterocycles. The number of benzene rings is 2. The van der Waals surface area contributed by atoms with E-state index in [9.17, 15) is 4.79 Å². The Morgan fingerprint density at radius 1 is 1.13 bits per heavy atom. The van der Waals surface area contributed by atoms with Crippen molar-refractivity contribution in [2.75, 3.05) is 26.1 Å². The number of hydrogen-bond acceptors (Lipinski definition) is 3. The third-order valence-electron chi connectivity index (χ3n) is 3.45. The monoisotopic (exact) mass is 314 g/mol. The Labute approximate surface area is 136 Å². The predicted molar refractivity (Wildman–Crippen MR) is 91.1 cm³/mol. The van der Waals surface area contributed by atoms with Crippen LogP contribution in [0.4, 0.5) is 10.5 Å². The second kappa shape index (κ2) is 8.19. The van der Waals surface area contributed by atoms with Gasteiger partial charge in [-0.25, -0.2) is 4.79 Å². The van der Waals surface area contributed by atoms with Gasteiger partial charge in [-0.1, -0.05) is 24.3 Å². The van der Waals surface area contributed by atoms with Crippen LogP contribution in [0.15, 0.2) is 54.6 Å². The summed E-state index contributed by atoms with van der Waals surface area (Å²) in [4.78, 5) is 13.8. The maximum Gasteiger partial charge on any atom is 0.321 e. The van der Waals surface area contributed by atoms with Crippen LogP contribution < -0.4 is 10.1 Å². The highest BCUT2D eigenvalue weighted by Crippen LogP contribution is 2.24. The Morgan fingerprint density at radius 3 is 2.52 bits per heavy atom. The molecule has 1 unspecified atom stereocenters. The minimum Gasteiger partial charge on any atom is -0.457 e. The van der Waals surface area contributed by atoms with Gasteiger partial charge in [-0.05, 0) is 31.2 Å². The third kappa shape index (κ3) is 5.00. The van der Waals surface area contributed by atoms with Crippen molar-refractivity contribution in [1.29, 1.82) is 0 Å². The van der Waals surface area contributed by atoms with Crippen LogP contribution in [0.1, 0.15) is 6.92 Å². The summed E-state index contributed by atoms with van der Waals surface area (Å²) in [5.74, 6) is 1.42. The molecule has 0 aromatic heterocycles. The van der Waals surface area contributed by atoms with Gasteiger partial charge in [0.25, 0.3) is 0 Å². The van der Waals surface area contributed by atoms with E-state index >= 15 is 0 Å². The van der Waals surface area contributed by atoms with Crippen molar-refractivity contribution >= 4 is 11.7 Å². The standard InChI is InChI=1S/C18H22N2O3/c1-14(13-22-3)20(2)18(21)19-15-8-7-11-17(12-15)23-16-9-5-4-6-10-16/h4-12,14H,13H2,1-3H3,(H,19,21). The van der Waals surface area contributed by atoms with Gasteiger partial charge in [0.1, 0.15) is 11.5 Å². The highest BCUT2D eigenvalue weighted by molar-refractivity contribution is 5.89. The zero-order valence-corrected chi connectivity index (χ0v) is 13.7. The summed E-state index contributed by atoms with van der Waals surface area (Å²) >= 11 is 0. The molecule has 5 nitrogen and oxygen atoms in total. The largest absolute Gasteiger partial charge is 0.457 e. The lowest BCUT2D eigenvalue weighted by molar-refractivity contribution is 0.128. The van der Waals surface area contributed by atoms with Crippen molar-refractivity contribution in [3.8, 4) is 11.5 Å². The second-order valence-corrected chi connectivity index (χ2v) is 5.29. The number of urea groups is 1. The van der Waals surface area contributed by atoms with Gasteiger partial charge in [0.2, 0.25) is 0 Å². The molecule has 2 aromatic carbocycles. The molecule has 0 aliphatic carbocycles. The molecule has 0 saturated carbocycles. The van der Waals surface area contributed by atoms with Gasteiger partial charge in [-0.15, -0.1) is 0 Å². The fourth-order valence-corrected chi connectivity index (χ4v) is 2.03. The van der Waals surface area contributed by atoms with Gasteiger partial charge in [0.05, 0.1) is 12.6 Å². The molecule has 1 atom stereocenters. The van der Waals surface area contributed by atoms with E-state index in [2.05, 4.69) is 5.32 Å². The molecular formula is C18H22N2O3. The van der Waals surface area contributed by atoms with Crippen molar-refractivity contribution in [1.82, 2.24) is 4.90 Å². The van der Waals surface area contributed by atoms with Crippen LogP contribution in [0.3, 0.4) is 0 Å². The molecule has 0 fully saturated rings. The van der Waals surface area contributed by atoms with Gasteiger partial charge in [-0.3, -0.25) is 0 Å². The Morgan fingerprint density at radius 2 is 1.83 bits per heavy atom. The highest BCUT2D eigenvalue weighted by atomic mass is 16.5. The van der Waals surface area contributed by atoms with Crippen LogP contribution in [0.25, 0.3) is 0 Å². The Kier molecular flexibility index (Phi) is 6.00. The molecule has 0 aliphatic rings. The maximum atomic E-state index is 12.2. The molecular weight excluding hydrogens is 292 g/mol. The third-order valence-corrected chi connectivity index (χ3v) is 3.45. The first kappa shape index (κ1) is 16.8. The average Bonchev–Trinajstić information content (AvgIpc) is 2.55. The minimum absolute atomic E-state index is 0.0104. The predicted octanol–water partition coefficient (Wildman–Crippen LogP) is 3.98. The first-order valence-corrected chi connectivity index (χ1v) is 7.46. The Bertz CT molecular complexity index is 631. The van der Waals surface area contributed by atoms with Gasteiger partial charge < -0.3 is 19.7 Å². The van der Waals surface area contributed by atoms with Crippen LogP contribution in [0, 0.1) is 0 Å². The SMILES string of the molecule is COCC(C)N(C)C(=O)Nc1cccc(Oc2ccccc2)c1. The molecule has 1 N–H and O–H groups in total. The van der Waals surface area contributed by atoms with Crippen molar-refractivity contribution in [3.63, 3.8) is 0 Å². The molecule has 0 aliphatic heterocycles. The Hall–Kier alpha value is -2.53. The van der Waals surface area contributed by atoms with Gasteiger partial charge in [0.15, 0.2) is 0 Å². The van der Waals surface area contributed by atoms with Crippen LogP contribution in [0.2, 0.25) is 0 Å². The van der Waals surface area contributed by atoms with E-state index < -0.39 is 0 Å². The van der Waals surface area contributed by atoms with Crippen molar-refractivity contribution < 1.29 is 14.3 Å².